The average molecular weight is 325 g/mol. The van der Waals surface area contributed by atoms with Crippen LogP contribution in [0.25, 0.3) is 0 Å². The molecule has 0 radical (unpaired) electrons. The van der Waals surface area contributed by atoms with Gasteiger partial charge in [0.1, 0.15) is 5.54 Å². The first-order chi connectivity index (χ1) is 10.3. The Morgan fingerprint density at radius 3 is 2.45 bits per heavy atom. The molecular weight excluding hydrogens is 306 g/mol. The third-order valence-corrected chi connectivity index (χ3v) is 4.83. The van der Waals surface area contributed by atoms with Gasteiger partial charge < -0.3 is 5.32 Å². The standard InChI is InChI=1S/C14H19N3O4S/c1-3-4-10-22(20,21)16-17-12(18)14(2,15-13(17)19)11-8-6-5-7-9-11/h5-9,16H,3-4,10H2,1-2H3,(H,15,19)/t14-/m1/s1. The lowest BCUT2D eigenvalue weighted by atomic mass is 9.92. The molecule has 0 aliphatic carbocycles. The van der Waals surface area contributed by atoms with Crippen molar-refractivity contribution in [2.75, 3.05) is 5.75 Å². The quantitative estimate of drug-likeness (QED) is 0.765. The van der Waals surface area contributed by atoms with Gasteiger partial charge in [0.15, 0.2) is 0 Å². The Morgan fingerprint density at radius 1 is 1.23 bits per heavy atom. The smallest absolute Gasteiger partial charge is 0.318 e. The highest BCUT2D eigenvalue weighted by Crippen LogP contribution is 2.27. The van der Waals surface area contributed by atoms with Gasteiger partial charge in [0.05, 0.1) is 5.75 Å². The highest BCUT2D eigenvalue weighted by molar-refractivity contribution is 7.89. The summed E-state index contributed by atoms with van der Waals surface area (Å²) in [6.45, 7) is 3.40. The molecule has 0 spiro atoms. The molecule has 2 N–H and O–H groups in total. The maximum atomic E-state index is 12.5. The number of urea groups is 1. The third-order valence-electron chi connectivity index (χ3n) is 3.54. The van der Waals surface area contributed by atoms with Crippen LogP contribution >= 0.6 is 0 Å². The molecule has 1 aromatic rings. The van der Waals surface area contributed by atoms with Crippen molar-refractivity contribution in [3.8, 4) is 0 Å². The first-order valence-corrected chi connectivity index (χ1v) is 8.68. The summed E-state index contributed by atoms with van der Waals surface area (Å²) in [7, 11) is -3.73. The largest absolute Gasteiger partial charge is 0.341 e. The number of unbranched alkanes of at least 4 members (excludes halogenated alkanes) is 1. The second kappa shape index (κ2) is 6.05. The number of hydrazine groups is 1. The summed E-state index contributed by atoms with van der Waals surface area (Å²) in [5.74, 6) is -0.786. The minimum absolute atomic E-state index is 0.136. The van der Waals surface area contributed by atoms with Crippen molar-refractivity contribution < 1.29 is 18.0 Å². The van der Waals surface area contributed by atoms with Crippen LogP contribution in [-0.4, -0.2) is 31.1 Å². The van der Waals surface area contributed by atoms with Crippen LogP contribution in [0.2, 0.25) is 0 Å². The van der Waals surface area contributed by atoms with Gasteiger partial charge in [0.25, 0.3) is 5.91 Å². The van der Waals surface area contributed by atoms with Gasteiger partial charge in [-0.1, -0.05) is 43.7 Å². The van der Waals surface area contributed by atoms with Crippen LogP contribution in [0.4, 0.5) is 4.79 Å². The average Bonchev–Trinajstić information content (AvgIpc) is 2.70. The molecule has 0 bridgehead atoms. The van der Waals surface area contributed by atoms with E-state index >= 15 is 0 Å². The van der Waals surface area contributed by atoms with Gasteiger partial charge in [-0.3, -0.25) is 4.79 Å². The van der Waals surface area contributed by atoms with E-state index in [2.05, 4.69) is 10.1 Å². The van der Waals surface area contributed by atoms with E-state index in [9.17, 15) is 18.0 Å². The Labute approximate surface area is 129 Å². The summed E-state index contributed by atoms with van der Waals surface area (Å²) in [5, 5.41) is 3.08. The van der Waals surface area contributed by atoms with Gasteiger partial charge in [-0.05, 0) is 18.9 Å². The van der Waals surface area contributed by atoms with Crippen molar-refractivity contribution in [1.29, 1.82) is 0 Å². The second-order valence-electron chi connectivity index (χ2n) is 5.33. The molecule has 7 nitrogen and oxygen atoms in total. The first-order valence-electron chi connectivity index (χ1n) is 7.02. The van der Waals surface area contributed by atoms with Crippen LogP contribution in [0.15, 0.2) is 30.3 Å². The zero-order valence-corrected chi connectivity index (χ0v) is 13.3. The van der Waals surface area contributed by atoms with Crippen molar-refractivity contribution in [3.05, 3.63) is 35.9 Å². The molecule has 120 valence electrons. The van der Waals surface area contributed by atoms with E-state index in [4.69, 9.17) is 0 Å². The number of carbonyl (C=O) groups excluding carboxylic acids is 2. The number of imide groups is 1. The first kappa shape index (κ1) is 16.4. The molecule has 22 heavy (non-hydrogen) atoms. The van der Waals surface area contributed by atoms with E-state index in [1.54, 1.807) is 37.3 Å². The highest BCUT2D eigenvalue weighted by atomic mass is 32.2. The Hall–Kier alpha value is -1.93. The topological polar surface area (TPSA) is 95.6 Å². The Balaban J connectivity index is 2.23. The highest BCUT2D eigenvalue weighted by Gasteiger charge is 2.50. The fourth-order valence-electron chi connectivity index (χ4n) is 2.21. The number of sulfonamides is 1. The van der Waals surface area contributed by atoms with Gasteiger partial charge in [-0.15, -0.1) is 4.83 Å². The van der Waals surface area contributed by atoms with E-state index in [0.29, 0.717) is 23.4 Å². The Morgan fingerprint density at radius 2 is 1.86 bits per heavy atom. The van der Waals surface area contributed by atoms with Crippen molar-refractivity contribution in [2.45, 2.75) is 32.2 Å². The normalized spacial score (nSPS) is 22.0. The lowest BCUT2D eigenvalue weighted by Crippen LogP contribution is -2.48. The van der Waals surface area contributed by atoms with Crippen LogP contribution in [0.5, 0.6) is 0 Å². The van der Waals surface area contributed by atoms with Gasteiger partial charge in [0.2, 0.25) is 10.0 Å². The molecular formula is C14H19N3O4S. The SMILES string of the molecule is CCCCS(=O)(=O)NN1C(=O)N[C@](C)(c2ccccc2)C1=O. The molecule has 3 amide bonds. The molecule has 1 aliphatic heterocycles. The maximum Gasteiger partial charge on any atom is 0.341 e. The molecule has 1 heterocycles. The van der Waals surface area contributed by atoms with Gasteiger partial charge in [-0.25, -0.2) is 13.2 Å². The number of hydrogen-bond donors (Lipinski definition) is 2. The van der Waals surface area contributed by atoms with Gasteiger partial charge in [-0.2, -0.15) is 5.01 Å². The fourth-order valence-corrected chi connectivity index (χ4v) is 3.41. The van der Waals surface area contributed by atoms with E-state index in [-0.39, 0.29) is 5.75 Å². The van der Waals surface area contributed by atoms with Crippen LogP contribution in [0.3, 0.4) is 0 Å². The van der Waals surface area contributed by atoms with Crippen molar-refractivity contribution >= 4 is 22.0 Å². The zero-order valence-electron chi connectivity index (χ0n) is 12.5. The van der Waals surface area contributed by atoms with Crippen LogP contribution in [0.1, 0.15) is 32.3 Å². The minimum atomic E-state index is -3.73. The maximum absolute atomic E-state index is 12.5. The lowest BCUT2D eigenvalue weighted by Gasteiger charge is -2.22. The number of nitrogens with one attached hydrogen (secondary N) is 2. The number of hydrogen-bond acceptors (Lipinski definition) is 4. The van der Waals surface area contributed by atoms with E-state index in [1.807, 2.05) is 6.92 Å². The summed E-state index contributed by atoms with van der Waals surface area (Å²) in [4.78, 5) is 26.6. The Bertz CT molecular complexity index is 675. The molecule has 0 aromatic heterocycles. The summed E-state index contributed by atoms with van der Waals surface area (Å²) < 4.78 is 23.8. The van der Waals surface area contributed by atoms with E-state index in [0.717, 1.165) is 0 Å². The molecule has 1 aromatic carbocycles. The molecule has 1 aliphatic rings. The number of carbonyl (C=O) groups is 2. The predicted octanol–water partition coefficient (Wildman–Crippen LogP) is 1.09. The molecule has 0 unspecified atom stereocenters. The Kier molecular flexibility index (Phi) is 4.52. The molecule has 0 saturated carbocycles. The van der Waals surface area contributed by atoms with Gasteiger partial charge in [0, 0.05) is 0 Å². The summed E-state index contributed by atoms with van der Waals surface area (Å²) >= 11 is 0. The summed E-state index contributed by atoms with van der Waals surface area (Å²) in [6, 6.07) is 7.90. The third kappa shape index (κ3) is 3.12. The fraction of sp³-hybridized carbons (Fsp3) is 0.429. The minimum Gasteiger partial charge on any atom is -0.318 e. The summed E-state index contributed by atoms with van der Waals surface area (Å²) in [5.41, 5.74) is -0.699. The van der Waals surface area contributed by atoms with Crippen LogP contribution in [0, 0.1) is 0 Å². The summed E-state index contributed by atoms with van der Waals surface area (Å²) in [6.07, 6.45) is 1.15. The van der Waals surface area contributed by atoms with Crippen molar-refractivity contribution in [2.24, 2.45) is 0 Å². The predicted molar refractivity (Wildman–Crippen MR) is 81.0 cm³/mol. The number of nitrogens with zero attached hydrogens (tertiary/aromatic N) is 1. The second-order valence-corrected chi connectivity index (χ2v) is 7.15. The van der Waals surface area contributed by atoms with Crippen LogP contribution in [-0.2, 0) is 20.4 Å². The van der Waals surface area contributed by atoms with E-state index < -0.39 is 27.5 Å². The van der Waals surface area contributed by atoms with Crippen molar-refractivity contribution in [3.63, 3.8) is 0 Å². The zero-order chi connectivity index (χ0) is 16.4. The number of amides is 3. The number of rotatable bonds is 6. The molecule has 1 saturated heterocycles. The lowest BCUT2D eigenvalue weighted by molar-refractivity contribution is -0.132. The van der Waals surface area contributed by atoms with Crippen LogP contribution < -0.4 is 10.1 Å². The van der Waals surface area contributed by atoms with Gasteiger partial charge >= 0.3 is 6.03 Å². The molecule has 8 heteroatoms. The molecule has 1 atom stereocenters. The van der Waals surface area contributed by atoms with Crippen molar-refractivity contribution in [1.82, 2.24) is 15.2 Å². The number of benzene rings is 1. The molecule has 1 fully saturated rings. The monoisotopic (exact) mass is 325 g/mol. The van der Waals surface area contributed by atoms with E-state index in [1.165, 1.54) is 0 Å². The molecule has 2 rings (SSSR count).